The van der Waals surface area contributed by atoms with Crippen molar-refractivity contribution in [2.24, 2.45) is 0 Å². The molecule has 15 heavy (non-hydrogen) atoms. The highest BCUT2D eigenvalue weighted by Gasteiger charge is 2.01. The van der Waals surface area contributed by atoms with Crippen molar-refractivity contribution in [3.8, 4) is 0 Å². The van der Waals surface area contributed by atoms with Crippen LogP contribution in [0.15, 0.2) is 41.3 Å². The zero-order valence-corrected chi connectivity index (χ0v) is 9.96. The van der Waals surface area contributed by atoms with Crippen LogP contribution < -0.4 is 5.32 Å². The molecular formula is C10H7BrClN3. The van der Waals surface area contributed by atoms with Crippen LogP contribution in [0.2, 0.25) is 5.02 Å². The fourth-order valence-corrected chi connectivity index (χ4v) is 1.62. The quantitative estimate of drug-likeness (QED) is 0.915. The van der Waals surface area contributed by atoms with Gasteiger partial charge < -0.3 is 5.32 Å². The maximum Gasteiger partial charge on any atom is 0.148 e. The van der Waals surface area contributed by atoms with Crippen LogP contribution in [0.4, 0.5) is 11.5 Å². The molecule has 76 valence electrons. The van der Waals surface area contributed by atoms with Crippen LogP contribution in [0.5, 0.6) is 0 Å². The summed E-state index contributed by atoms with van der Waals surface area (Å²) in [6.07, 6.45) is 3.16. The van der Waals surface area contributed by atoms with Crippen molar-refractivity contribution in [2.75, 3.05) is 5.32 Å². The number of nitrogens with zero attached hydrogens (tertiary/aromatic N) is 2. The summed E-state index contributed by atoms with van der Waals surface area (Å²) in [6.45, 7) is 0. The predicted octanol–water partition coefficient (Wildman–Crippen LogP) is 3.64. The molecule has 3 nitrogen and oxygen atoms in total. The first-order valence-electron chi connectivity index (χ1n) is 4.24. The summed E-state index contributed by atoms with van der Waals surface area (Å²) in [4.78, 5) is 7.97. The predicted molar refractivity (Wildman–Crippen MR) is 64.5 cm³/mol. The molecule has 0 unspecified atom stereocenters. The molecule has 0 saturated heterocycles. The largest absolute Gasteiger partial charge is 0.339 e. The highest BCUT2D eigenvalue weighted by atomic mass is 79.9. The third-order valence-corrected chi connectivity index (χ3v) is 2.57. The molecule has 2 aromatic rings. The summed E-state index contributed by atoms with van der Waals surface area (Å²) in [5.74, 6) is 0.715. The average molecular weight is 285 g/mol. The van der Waals surface area contributed by atoms with Gasteiger partial charge >= 0.3 is 0 Å². The molecule has 2 rings (SSSR count). The van der Waals surface area contributed by atoms with Crippen LogP contribution in [0, 0.1) is 0 Å². The Hall–Kier alpha value is -1.13. The van der Waals surface area contributed by atoms with E-state index in [2.05, 4.69) is 31.2 Å². The monoisotopic (exact) mass is 283 g/mol. The SMILES string of the molecule is Clc1cccc(Nc2ncncc2Br)c1. The van der Waals surface area contributed by atoms with Crippen LogP contribution >= 0.6 is 27.5 Å². The number of rotatable bonds is 2. The highest BCUT2D eigenvalue weighted by molar-refractivity contribution is 9.10. The van der Waals surface area contributed by atoms with Crippen molar-refractivity contribution in [1.29, 1.82) is 0 Å². The van der Waals surface area contributed by atoms with Gasteiger partial charge in [0.25, 0.3) is 0 Å². The Morgan fingerprint density at radius 3 is 2.93 bits per heavy atom. The van der Waals surface area contributed by atoms with Crippen molar-refractivity contribution in [2.45, 2.75) is 0 Å². The topological polar surface area (TPSA) is 37.8 Å². The second-order valence-electron chi connectivity index (χ2n) is 2.85. The summed E-state index contributed by atoms with van der Waals surface area (Å²) in [5.41, 5.74) is 0.891. The molecular weight excluding hydrogens is 277 g/mol. The second kappa shape index (κ2) is 4.59. The molecule has 0 aliphatic heterocycles. The number of benzene rings is 1. The van der Waals surface area contributed by atoms with E-state index in [9.17, 15) is 0 Å². The van der Waals surface area contributed by atoms with Crippen LogP contribution in [-0.2, 0) is 0 Å². The van der Waals surface area contributed by atoms with Crippen LogP contribution in [-0.4, -0.2) is 9.97 Å². The first-order valence-corrected chi connectivity index (χ1v) is 5.41. The van der Waals surface area contributed by atoms with Gasteiger partial charge in [-0.25, -0.2) is 9.97 Å². The van der Waals surface area contributed by atoms with Gasteiger partial charge in [-0.3, -0.25) is 0 Å². The molecule has 0 atom stereocenters. The van der Waals surface area contributed by atoms with Crippen molar-refractivity contribution in [3.05, 3.63) is 46.3 Å². The Labute approximate surface area is 101 Å². The van der Waals surface area contributed by atoms with Gasteiger partial charge in [0.2, 0.25) is 0 Å². The van der Waals surface area contributed by atoms with Crippen molar-refractivity contribution in [3.63, 3.8) is 0 Å². The van der Waals surface area contributed by atoms with Crippen molar-refractivity contribution >= 4 is 39.0 Å². The van der Waals surface area contributed by atoms with E-state index < -0.39 is 0 Å². The van der Waals surface area contributed by atoms with Crippen molar-refractivity contribution in [1.82, 2.24) is 9.97 Å². The lowest BCUT2D eigenvalue weighted by molar-refractivity contribution is 1.15. The van der Waals surface area contributed by atoms with Crippen LogP contribution in [0.3, 0.4) is 0 Å². The molecule has 1 aromatic heterocycles. The van der Waals surface area contributed by atoms with E-state index in [1.165, 1.54) is 6.33 Å². The normalized spacial score (nSPS) is 10.0. The number of aromatic nitrogens is 2. The minimum Gasteiger partial charge on any atom is -0.339 e. The minimum absolute atomic E-state index is 0.685. The fraction of sp³-hybridized carbons (Fsp3) is 0. The molecule has 0 saturated carbocycles. The lowest BCUT2D eigenvalue weighted by Gasteiger charge is -2.06. The van der Waals surface area contributed by atoms with Gasteiger partial charge in [0, 0.05) is 16.9 Å². The van der Waals surface area contributed by atoms with Gasteiger partial charge in [-0.2, -0.15) is 0 Å². The van der Waals surface area contributed by atoms with E-state index in [-0.39, 0.29) is 0 Å². The van der Waals surface area contributed by atoms with Gasteiger partial charge in [-0.05, 0) is 34.1 Å². The summed E-state index contributed by atoms with van der Waals surface area (Å²) < 4.78 is 0.810. The van der Waals surface area contributed by atoms with E-state index in [1.807, 2.05) is 24.3 Å². The number of halogens is 2. The minimum atomic E-state index is 0.685. The Balaban J connectivity index is 2.26. The van der Waals surface area contributed by atoms with E-state index in [4.69, 9.17) is 11.6 Å². The van der Waals surface area contributed by atoms with Crippen molar-refractivity contribution < 1.29 is 0 Å². The Kier molecular flexibility index (Phi) is 3.18. The molecule has 0 bridgehead atoms. The molecule has 0 aliphatic rings. The first kappa shape index (κ1) is 10.4. The smallest absolute Gasteiger partial charge is 0.148 e. The lowest BCUT2D eigenvalue weighted by Crippen LogP contribution is -1.94. The van der Waals surface area contributed by atoms with Gasteiger partial charge in [-0.15, -0.1) is 0 Å². The molecule has 1 aromatic carbocycles. The Bertz CT molecular complexity index is 476. The zero-order chi connectivity index (χ0) is 10.7. The van der Waals surface area contributed by atoms with Gasteiger partial charge in [0.05, 0.1) is 4.47 Å². The molecule has 0 fully saturated rings. The van der Waals surface area contributed by atoms with Gasteiger partial charge in [0.15, 0.2) is 0 Å². The maximum absolute atomic E-state index is 5.87. The third kappa shape index (κ3) is 2.67. The summed E-state index contributed by atoms with van der Waals surface area (Å²) in [6, 6.07) is 7.44. The van der Waals surface area contributed by atoms with E-state index in [0.29, 0.717) is 10.8 Å². The highest BCUT2D eigenvalue weighted by Crippen LogP contribution is 2.23. The summed E-state index contributed by atoms with van der Waals surface area (Å²) >= 11 is 9.22. The summed E-state index contributed by atoms with van der Waals surface area (Å²) in [7, 11) is 0. The molecule has 0 spiro atoms. The average Bonchev–Trinajstić information content (AvgIpc) is 2.22. The summed E-state index contributed by atoms with van der Waals surface area (Å²) in [5, 5.41) is 3.82. The molecule has 1 N–H and O–H groups in total. The zero-order valence-electron chi connectivity index (χ0n) is 7.61. The van der Waals surface area contributed by atoms with E-state index in [0.717, 1.165) is 10.2 Å². The number of nitrogens with one attached hydrogen (secondary N) is 1. The van der Waals surface area contributed by atoms with Crippen LogP contribution in [0.1, 0.15) is 0 Å². The number of anilines is 2. The molecule has 0 amide bonds. The number of hydrogen-bond acceptors (Lipinski definition) is 3. The molecule has 1 heterocycles. The third-order valence-electron chi connectivity index (χ3n) is 1.75. The fourth-order valence-electron chi connectivity index (χ4n) is 1.11. The second-order valence-corrected chi connectivity index (χ2v) is 4.15. The lowest BCUT2D eigenvalue weighted by atomic mass is 10.3. The standard InChI is InChI=1S/C10H7BrClN3/c11-9-5-13-6-14-10(9)15-8-3-1-2-7(12)4-8/h1-6H,(H,13,14,15). The van der Waals surface area contributed by atoms with E-state index in [1.54, 1.807) is 6.20 Å². The molecule has 0 aliphatic carbocycles. The van der Waals surface area contributed by atoms with Gasteiger partial charge in [0.1, 0.15) is 12.1 Å². The molecule has 0 radical (unpaired) electrons. The first-order chi connectivity index (χ1) is 7.25. The van der Waals surface area contributed by atoms with E-state index >= 15 is 0 Å². The number of hydrogen-bond donors (Lipinski definition) is 1. The maximum atomic E-state index is 5.87. The van der Waals surface area contributed by atoms with Gasteiger partial charge in [-0.1, -0.05) is 17.7 Å². The molecule has 5 heteroatoms. The van der Waals surface area contributed by atoms with Crippen LogP contribution in [0.25, 0.3) is 0 Å². The Morgan fingerprint density at radius 1 is 1.33 bits per heavy atom. The Morgan fingerprint density at radius 2 is 2.20 bits per heavy atom.